The zero-order valence-electron chi connectivity index (χ0n) is 12.4. The number of benzene rings is 1. The number of hydrogen-bond donors (Lipinski definition) is 1. The largest absolute Gasteiger partial charge is 0.308 e. The average Bonchev–Trinajstić information content (AvgIpc) is 2.74. The van der Waals surface area contributed by atoms with Crippen LogP contribution in [0.5, 0.6) is 0 Å². The zero-order chi connectivity index (χ0) is 14.0. The summed E-state index contributed by atoms with van der Waals surface area (Å²) in [5.74, 6) is 0. The fraction of sp³-hybridized carbons (Fsp3) is 0.500. The summed E-state index contributed by atoms with van der Waals surface area (Å²) in [5.41, 5.74) is 1.43. The smallest absolute Gasteiger partial charge is 0.0389 e. The van der Waals surface area contributed by atoms with Gasteiger partial charge in [-0.3, -0.25) is 0 Å². The van der Waals surface area contributed by atoms with Crippen LogP contribution in [0.2, 0.25) is 0 Å². The van der Waals surface area contributed by atoms with Gasteiger partial charge in [-0.25, -0.2) is 0 Å². The molecule has 1 aromatic heterocycles. The van der Waals surface area contributed by atoms with Gasteiger partial charge in [-0.1, -0.05) is 18.2 Å². The highest BCUT2D eigenvalue weighted by atomic mass is 32.2. The van der Waals surface area contributed by atoms with E-state index < -0.39 is 0 Å². The summed E-state index contributed by atoms with van der Waals surface area (Å²) in [4.78, 5) is 1.47. The highest BCUT2D eigenvalue weighted by Gasteiger charge is 2.19. The number of thiophene rings is 1. The van der Waals surface area contributed by atoms with E-state index in [9.17, 15) is 0 Å². The van der Waals surface area contributed by atoms with Crippen LogP contribution in [0.25, 0.3) is 10.1 Å². The van der Waals surface area contributed by atoms with Crippen LogP contribution >= 0.6 is 23.1 Å². The van der Waals surface area contributed by atoms with Crippen molar-refractivity contribution in [2.75, 3.05) is 12.8 Å². The van der Waals surface area contributed by atoms with E-state index in [0.717, 1.165) is 6.54 Å². The van der Waals surface area contributed by atoms with Gasteiger partial charge in [0.15, 0.2) is 0 Å². The van der Waals surface area contributed by atoms with E-state index in [1.54, 1.807) is 0 Å². The van der Waals surface area contributed by atoms with Gasteiger partial charge < -0.3 is 5.32 Å². The van der Waals surface area contributed by atoms with Crippen molar-refractivity contribution in [2.45, 2.75) is 38.5 Å². The Balaban J connectivity index is 2.17. The highest BCUT2D eigenvalue weighted by Crippen LogP contribution is 2.34. The van der Waals surface area contributed by atoms with Gasteiger partial charge in [0.1, 0.15) is 0 Å². The van der Waals surface area contributed by atoms with E-state index in [1.165, 1.54) is 20.5 Å². The summed E-state index contributed by atoms with van der Waals surface area (Å²) >= 11 is 3.84. The molecular formula is C16H23NS2. The SMILES string of the molecule is CSC(C)(C)CNC(C)c1sc2ccccc2c1C. The molecule has 0 saturated heterocycles. The molecule has 0 radical (unpaired) electrons. The molecule has 1 N–H and O–H groups in total. The summed E-state index contributed by atoms with van der Waals surface area (Å²) < 4.78 is 1.69. The van der Waals surface area contributed by atoms with E-state index in [-0.39, 0.29) is 0 Å². The third-order valence-electron chi connectivity index (χ3n) is 3.66. The average molecular weight is 294 g/mol. The molecule has 19 heavy (non-hydrogen) atoms. The number of nitrogens with one attached hydrogen (secondary N) is 1. The molecule has 0 fully saturated rings. The van der Waals surface area contributed by atoms with Crippen LogP contribution in [0, 0.1) is 6.92 Å². The van der Waals surface area contributed by atoms with Crippen molar-refractivity contribution in [3.05, 3.63) is 34.7 Å². The topological polar surface area (TPSA) is 12.0 Å². The van der Waals surface area contributed by atoms with Crippen LogP contribution in [-0.4, -0.2) is 17.5 Å². The van der Waals surface area contributed by atoms with Crippen molar-refractivity contribution in [2.24, 2.45) is 0 Å². The maximum absolute atomic E-state index is 3.68. The molecule has 0 aliphatic heterocycles. The van der Waals surface area contributed by atoms with E-state index in [4.69, 9.17) is 0 Å². The first kappa shape index (κ1) is 14.9. The Morgan fingerprint density at radius 1 is 1.32 bits per heavy atom. The summed E-state index contributed by atoms with van der Waals surface area (Å²) in [6.07, 6.45) is 2.18. The van der Waals surface area contributed by atoms with Crippen molar-refractivity contribution in [1.82, 2.24) is 5.32 Å². The molecule has 2 aromatic rings. The lowest BCUT2D eigenvalue weighted by Crippen LogP contribution is -2.33. The number of thioether (sulfide) groups is 1. The van der Waals surface area contributed by atoms with Crippen LogP contribution in [0.3, 0.4) is 0 Å². The minimum Gasteiger partial charge on any atom is -0.308 e. The second-order valence-corrected chi connectivity index (χ2v) is 8.25. The summed E-state index contributed by atoms with van der Waals surface area (Å²) in [6, 6.07) is 9.11. The lowest BCUT2D eigenvalue weighted by Gasteiger charge is -2.25. The Hall–Kier alpha value is -0.510. The molecule has 0 saturated carbocycles. The van der Waals surface area contributed by atoms with Gasteiger partial charge in [0.05, 0.1) is 0 Å². The second-order valence-electron chi connectivity index (χ2n) is 5.65. The van der Waals surface area contributed by atoms with E-state index in [2.05, 4.69) is 63.5 Å². The molecule has 1 heterocycles. The normalized spacial score (nSPS) is 13.9. The monoisotopic (exact) mass is 293 g/mol. The summed E-state index contributed by atoms with van der Waals surface area (Å²) in [5, 5.41) is 5.08. The van der Waals surface area contributed by atoms with Gasteiger partial charge in [0, 0.05) is 26.9 Å². The number of fused-ring (bicyclic) bond motifs is 1. The number of rotatable bonds is 5. The fourth-order valence-corrected chi connectivity index (χ4v) is 3.64. The van der Waals surface area contributed by atoms with Crippen molar-refractivity contribution < 1.29 is 0 Å². The van der Waals surface area contributed by atoms with Crippen LogP contribution in [-0.2, 0) is 0 Å². The standard InChI is InChI=1S/C16H23NS2/c1-11-13-8-6-7-9-14(13)19-15(11)12(2)17-10-16(3,4)18-5/h6-9,12,17H,10H2,1-5H3. The Morgan fingerprint density at radius 3 is 2.63 bits per heavy atom. The molecule has 1 atom stereocenters. The van der Waals surface area contributed by atoms with E-state index in [1.807, 2.05) is 23.1 Å². The van der Waals surface area contributed by atoms with Crippen molar-refractivity contribution in [3.63, 3.8) is 0 Å². The van der Waals surface area contributed by atoms with Gasteiger partial charge in [0.25, 0.3) is 0 Å². The van der Waals surface area contributed by atoms with Crippen molar-refractivity contribution >= 4 is 33.2 Å². The highest BCUT2D eigenvalue weighted by molar-refractivity contribution is 7.99. The van der Waals surface area contributed by atoms with Gasteiger partial charge in [-0.2, -0.15) is 11.8 Å². The molecule has 2 rings (SSSR count). The van der Waals surface area contributed by atoms with Gasteiger partial charge in [-0.15, -0.1) is 11.3 Å². The third-order valence-corrected chi connectivity index (χ3v) is 6.37. The van der Waals surface area contributed by atoms with Crippen LogP contribution in [0.1, 0.15) is 37.3 Å². The molecule has 104 valence electrons. The van der Waals surface area contributed by atoms with Gasteiger partial charge >= 0.3 is 0 Å². The summed E-state index contributed by atoms with van der Waals surface area (Å²) in [6.45, 7) is 10.1. The lowest BCUT2D eigenvalue weighted by atomic mass is 10.1. The zero-order valence-corrected chi connectivity index (χ0v) is 14.0. The predicted molar refractivity (Wildman–Crippen MR) is 90.6 cm³/mol. The predicted octanol–water partition coefficient (Wildman–Crippen LogP) is 5.00. The second kappa shape index (κ2) is 5.86. The molecular weight excluding hydrogens is 270 g/mol. The van der Waals surface area contributed by atoms with E-state index >= 15 is 0 Å². The minimum atomic E-state index is 0.291. The molecule has 1 aromatic carbocycles. The Labute approximate surface area is 124 Å². The van der Waals surface area contributed by atoms with E-state index in [0.29, 0.717) is 10.8 Å². The first-order chi connectivity index (χ1) is 8.94. The van der Waals surface area contributed by atoms with Crippen LogP contribution < -0.4 is 5.32 Å². The molecule has 0 bridgehead atoms. The molecule has 3 heteroatoms. The molecule has 1 unspecified atom stereocenters. The number of aryl methyl sites for hydroxylation is 1. The first-order valence-electron chi connectivity index (χ1n) is 6.71. The van der Waals surface area contributed by atoms with Crippen LogP contribution in [0.4, 0.5) is 0 Å². The molecule has 0 aliphatic rings. The van der Waals surface area contributed by atoms with Crippen molar-refractivity contribution in [1.29, 1.82) is 0 Å². The van der Waals surface area contributed by atoms with Gasteiger partial charge in [-0.05, 0) is 51.0 Å². The third kappa shape index (κ3) is 3.33. The molecule has 1 nitrogen and oxygen atoms in total. The molecule has 0 aliphatic carbocycles. The quantitative estimate of drug-likeness (QED) is 0.832. The maximum atomic E-state index is 3.68. The van der Waals surface area contributed by atoms with Crippen LogP contribution in [0.15, 0.2) is 24.3 Å². The molecule has 0 amide bonds. The lowest BCUT2D eigenvalue weighted by molar-refractivity contribution is 0.527. The minimum absolute atomic E-state index is 0.291. The number of hydrogen-bond acceptors (Lipinski definition) is 3. The summed E-state index contributed by atoms with van der Waals surface area (Å²) in [7, 11) is 0. The Bertz CT molecular complexity index is 557. The Morgan fingerprint density at radius 2 is 2.00 bits per heavy atom. The first-order valence-corrected chi connectivity index (χ1v) is 8.75. The maximum Gasteiger partial charge on any atom is 0.0389 e. The van der Waals surface area contributed by atoms with Crippen molar-refractivity contribution in [3.8, 4) is 0 Å². The Kier molecular flexibility index (Phi) is 4.59. The fourth-order valence-electron chi connectivity index (χ4n) is 2.17. The molecule has 0 spiro atoms. The van der Waals surface area contributed by atoms with Gasteiger partial charge in [0.2, 0.25) is 0 Å².